The number of rotatable bonds is 7. The fraction of sp³-hybridized carbons (Fsp3) is 0.759. The molecule has 1 aromatic carbocycles. The summed E-state index contributed by atoms with van der Waals surface area (Å²) < 4.78 is 0. The molecule has 0 radical (unpaired) electrons. The van der Waals surface area contributed by atoms with Crippen LogP contribution in [0.4, 0.5) is 0 Å². The molecule has 0 saturated carbocycles. The highest BCUT2D eigenvalue weighted by molar-refractivity contribution is 5.76. The Labute approximate surface area is 207 Å². The number of piperidine rings is 4. The number of benzene rings is 1. The molecule has 1 amide bonds. The zero-order valence-corrected chi connectivity index (χ0v) is 21.6. The summed E-state index contributed by atoms with van der Waals surface area (Å²) in [6.07, 6.45) is 10.6. The monoisotopic (exact) mass is 466 g/mol. The molecule has 0 unspecified atom stereocenters. The van der Waals surface area contributed by atoms with Gasteiger partial charge >= 0.3 is 0 Å². The molecule has 0 aromatic heterocycles. The molecule has 0 spiro atoms. The van der Waals surface area contributed by atoms with Crippen molar-refractivity contribution in [2.24, 2.45) is 11.8 Å². The smallest absolute Gasteiger partial charge is 0.222 e. The van der Waals surface area contributed by atoms with Crippen LogP contribution in [0.2, 0.25) is 0 Å². The number of nitrogens with zero attached hydrogens (tertiary/aromatic N) is 4. The van der Waals surface area contributed by atoms with E-state index in [1.54, 1.807) is 0 Å². The quantitative estimate of drug-likeness (QED) is 0.606. The van der Waals surface area contributed by atoms with E-state index in [0.29, 0.717) is 24.4 Å². The zero-order chi connectivity index (χ0) is 23.5. The van der Waals surface area contributed by atoms with E-state index in [4.69, 9.17) is 0 Å². The molecule has 0 N–H and O–H groups in total. The van der Waals surface area contributed by atoms with E-state index < -0.39 is 0 Å². The second-order valence-electron chi connectivity index (χ2n) is 11.6. The normalized spacial score (nSPS) is 31.2. The van der Waals surface area contributed by atoms with E-state index in [0.717, 1.165) is 56.8 Å². The maximum atomic E-state index is 13.1. The summed E-state index contributed by atoms with van der Waals surface area (Å²) in [5.41, 5.74) is 1.44. The first-order valence-electron chi connectivity index (χ1n) is 14.1. The number of hydrogen-bond donors (Lipinski definition) is 0. The molecule has 4 aliphatic rings. The topological polar surface area (TPSA) is 30.0 Å². The Kier molecular flexibility index (Phi) is 7.92. The first-order valence-corrected chi connectivity index (χ1v) is 14.1. The van der Waals surface area contributed by atoms with Gasteiger partial charge in [-0.3, -0.25) is 14.6 Å². The summed E-state index contributed by atoms with van der Waals surface area (Å²) in [4.78, 5) is 23.2. The highest BCUT2D eigenvalue weighted by Crippen LogP contribution is 2.43. The van der Waals surface area contributed by atoms with E-state index in [-0.39, 0.29) is 0 Å². The molecule has 5 nitrogen and oxygen atoms in total. The van der Waals surface area contributed by atoms with Crippen molar-refractivity contribution in [2.45, 2.75) is 82.5 Å². The van der Waals surface area contributed by atoms with Crippen molar-refractivity contribution in [3.8, 4) is 0 Å². The Hall–Kier alpha value is -1.43. The Morgan fingerprint density at radius 1 is 1.00 bits per heavy atom. The number of hydrogen-bond acceptors (Lipinski definition) is 4. The van der Waals surface area contributed by atoms with Crippen LogP contribution in [0, 0.1) is 11.8 Å². The highest BCUT2D eigenvalue weighted by atomic mass is 16.2. The van der Waals surface area contributed by atoms with Gasteiger partial charge in [0, 0.05) is 44.7 Å². The third-order valence-corrected chi connectivity index (χ3v) is 9.53. The molecule has 5 heteroatoms. The largest absolute Gasteiger partial charge is 0.343 e. The minimum absolute atomic E-state index is 0.362. The molecule has 4 saturated heterocycles. The summed E-state index contributed by atoms with van der Waals surface area (Å²) in [5.74, 6) is 1.97. The van der Waals surface area contributed by atoms with Gasteiger partial charge < -0.3 is 9.80 Å². The molecule has 4 fully saturated rings. The minimum atomic E-state index is 0.362. The molecular weight excluding hydrogens is 420 g/mol. The second-order valence-corrected chi connectivity index (χ2v) is 11.6. The fourth-order valence-electron chi connectivity index (χ4n) is 7.70. The minimum Gasteiger partial charge on any atom is -0.343 e. The van der Waals surface area contributed by atoms with Crippen molar-refractivity contribution in [1.82, 2.24) is 19.6 Å². The number of carbonyl (C=O) groups is 1. The van der Waals surface area contributed by atoms with Crippen LogP contribution >= 0.6 is 0 Å². The molecule has 188 valence electrons. The summed E-state index contributed by atoms with van der Waals surface area (Å²) in [7, 11) is 4.24. The van der Waals surface area contributed by atoms with Crippen LogP contribution in [-0.4, -0.2) is 90.5 Å². The van der Waals surface area contributed by atoms with Gasteiger partial charge in [0.25, 0.3) is 0 Å². The van der Waals surface area contributed by atoms with Crippen LogP contribution in [-0.2, 0) is 11.3 Å². The highest BCUT2D eigenvalue weighted by Gasteiger charge is 2.48. The van der Waals surface area contributed by atoms with Crippen LogP contribution in [0.25, 0.3) is 0 Å². The SMILES string of the molecule is CN1CCC(N(C)C(=O)CCC[C@@H]2[C@H]3CCCN4CCC[C@@H](CN2Cc2ccccc2)[C@@H]34)CC1. The van der Waals surface area contributed by atoms with Crippen molar-refractivity contribution < 1.29 is 4.79 Å². The first-order chi connectivity index (χ1) is 16.6. The van der Waals surface area contributed by atoms with Crippen LogP contribution in [0.5, 0.6) is 0 Å². The lowest BCUT2D eigenvalue weighted by Gasteiger charge is -2.57. The molecule has 1 aromatic rings. The Morgan fingerprint density at radius 3 is 2.50 bits per heavy atom. The third kappa shape index (κ3) is 5.37. The van der Waals surface area contributed by atoms with E-state index in [1.807, 2.05) is 7.05 Å². The van der Waals surface area contributed by atoms with Crippen molar-refractivity contribution in [1.29, 1.82) is 0 Å². The molecule has 0 aliphatic carbocycles. The van der Waals surface area contributed by atoms with Gasteiger partial charge in [-0.05, 0) is 102 Å². The standard InChI is InChI=1S/C29H46N4O/c1-30-19-15-25(16-20-30)31(2)28(34)14-6-13-27-26-12-8-18-32-17-7-11-24(29(26)32)22-33(27)21-23-9-4-3-5-10-23/h3-5,9-10,24-27,29H,6-8,11-22H2,1-2H3/t24-,26+,27+,29-/m0/s1. The van der Waals surface area contributed by atoms with Gasteiger partial charge in [-0.1, -0.05) is 30.3 Å². The Morgan fingerprint density at radius 2 is 1.74 bits per heavy atom. The molecule has 4 heterocycles. The predicted molar refractivity (Wildman–Crippen MR) is 139 cm³/mol. The maximum Gasteiger partial charge on any atom is 0.222 e. The molecular formula is C29H46N4O. The van der Waals surface area contributed by atoms with Crippen molar-refractivity contribution in [3.05, 3.63) is 35.9 Å². The Bertz CT molecular complexity index is 791. The average Bonchev–Trinajstić information content (AvgIpc) is 2.86. The van der Waals surface area contributed by atoms with Gasteiger partial charge in [0.2, 0.25) is 5.91 Å². The van der Waals surface area contributed by atoms with Crippen LogP contribution in [0.15, 0.2) is 30.3 Å². The number of likely N-dealkylation sites (tertiary alicyclic amines) is 2. The van der Waals surface area contributed by atoms with E-state index in [1.165, 1.54) is 57.3 Å². The van der Waals surface area contributed by atoms with Gasteiger partial charge in [0.15, 0.2) is 0 Å². The fourth-order valence-corrected chi connectivity index (χ4v) is 7.70. The average molecular weight is 467 g/mol. The van der Waals surface area contributed by atoms with E-state index in [9.17, 15) is 4.79 Å². The molecule has 4 atom stereocenters. The van der Waals surface area contributed by atoms with E-state index in [2.05, 4.69) is 57.0 Å². The van der Waals surface area contributed by atoms with Crippen LogP contribution in [0.3, 0.4) is 0 Å². The van der Waals surface area contributed by atoms with Gasteiger partial charge in [-0.25, -0.2) is 0 Å². The summed E-state index contributed by atoms with van der Waals surface area (Å²) in [5, 5.41) is 0. The lowest BCUT2D eigenvalue weighted by atomic mass is 9.69. The number of carbonyl (C=O) groups excluding carboxylic acids is 1. The summed E-state index contributed by atoms with van der Waals surface area (Å²) in [6.45, 7) is 7.14. The molecule has 4 aliphatic heterocycles. The maximum absolute atomic E-state index is 13.1. The van der Waals surface area contributed by atoms with Crippen molar-refractivity contribution in [3.63, 3.8) is 0 Å². The predicted octanol–water partition coefficient (Wildman–Crippen LogP) is 4.08. The van der Waals surface area contributed by atoms with Crippen molar-refractivity contribution in [2.75, 3.05) is 46.8 Å². The van der Waals surface area contributed by atoms with Gasteiger partial charge in [0.1, 0.15) is 0 Å². The van der Waals surface area contributed by atoms with Gasteiger partial charge in [-0.15, -0.1) is 0 Å². The van der Waals surface area contributed by atoms with Gasteiger partial charge in [0.05, 0.1) is 0 Å². The zero-order valence-electron chi connectivity index (χ0n) is 21.6. The molecule has 0 bridgehead atoms. The summed E-state index contributed by atoms with van der Waals surface area (Å²) >= 11 is 0. The lowest BCUT2D eigenvalue weighted by molar-refractivity contribution is -0.133. The third-order valence-electron chi connectivity index (χ3n) is 9.53. The van der Waals surface area contributed by atoms with Gasteiger partial charge in [-0.2, -0.15) is 0 Å². The van der Waals surface area contributed by atoms with Crippen LogP contribution in [0.1, 0.15) is 63.4 Å². The molecule has 34 heavy (non-hydrogen) atoms. The molecule has 5 rings (SSSR count). The van der Waals surface area contributed by atoms with Crippen molar-refractivity contribution >= 4 is 5.91 Å². The number of amides is 1. The summed E-state index contributed by atoms with van der Waals surface area (Å²) in [6, 6.07) is 12.9. The lowest BCUT2D eigenvalue weighted by Crippen LogP contribution is -2.64. The van der Waals surface area contributed by atoms with Crippen LogP contribution < -0.4 is 0 Å². The van der Waals surface area contributed by atoms with E-state index >= 15 is 0 Å². The Balaban J connectivity index is 1.23. The first kappa shape index (κ1) is 24.3. The second kappa shape index (κ2) is 11.1.